The molecule has 0 aromatic heterocycles. The summed E-state index contributed by atoms with van der Waals surface area (Å²) in [6.45, 7) is 2.68. The van der Waals surface area contributed by atoms with Crippen LogP contribution in [0.25, 0.3) is 0 Å². The molecule has 0 radical (unpaired) electrons. The summed E-state index contributed by atoms with van der Waals surface area (Å²) in [6.07, 6.45) is 6.96. The van der Waals surface area contributed by atoms with Crippen LogP contribution in [0.15, 0.2) is 24.3 Å². The summed E-state index contributed by atoms with van der Waals surface area (Å²) in [5, 5.41) is 3.00. The van der Waals surface area contributed by atoms with E-state index in [-0.39, 0.29) is 35.9 Å². The number of carbonyl (C=O) groups excluding carboxylic acids is 1. The number of rotatable bonds is 7. The zero-order valence-corrected chi connectivity index (χ0v) is 17.3. The number of hydrogen-bond donors (Lipinski definition) is 2. The smallest absolute Gasteiger partial charge is 0.236 e. The van der Waals surface area contributed by atoms with Crippen LogP contribution in [0.1, 0.15) is 49.7 Å². The van der Waals surface area contributed by atoms with Crippen LogP contribution in [0.3, 0.4) is 0 Å². The highest BCUT2D eigenvalue weighted by atomic mass is 35.5. The van der Waals surface area contributed by atoms with Crippen LogP contribution in [0.2, 0.25) is 0 Å². The van der Waals surface area contributed by atoms with Crippen LogP contribution in [0, 0.1) is 6.92 Å². The highest BCUT2D eigenvalue weighted by Gasteiger charge is 2.35. The molecular formula is C19H31ClN2O3S. The van der Waals surface area contributed by atoms with E-state index in [1.807, 2.05) is 6.07 Å². The van der Waals surface area contributed by atoms with Gasteiger partial charge in [0.25, 0.3) is 0 Å². The number of sulfone groups is 1. The Bertz CT molecular complexity index is 700. The third kappa shape index (κ3) is 6.25. The molecule has 1 atom stereocenters. The summed E-state index contributed by atoms with van der Waals surface area (Å²) >= 11 is 0. The molecule has 148 valence electrons. The normalized spacial score (nSPS) is 17.8. The van der Waals surface area contributed by atoms with E-state index >= 15 is 0 Å². The summed E-state index contributed by atoms with van der Waals surface area (Å²) in [4.78, 5) is 12.3. The first kappa shape index (κ1) is 22.9. The molecule has 1 saturated carbocycles. The largest absolute Gasteiger partial charge is 0.354 e. The summed E-state index contributed by atoms with van der Waals surface area (Å²) in [5.41, 5.74) is 8.38. The van der Waals surface area contributed by atoms with Gasteiger partial charge >= 0.3 is 0 Å². The van der Waals surface area contributed by atoms with Gasteiger partial charge < -0.3 is 11.1 Å². The quantitative estimate of drug-likeness (QED) is 0.733. The molecule has 1 fully saturated rings. The highest BCUT2D eigenvalue weighted by Crippen LogP contribution is 2.40. The fourth-order valence-electron chi connectivity index (χ4n) is 3.80. The predicted octanol–water partition coefficient (Wildman–Crippen LogP) is 2.50. The van der Waals surface area contributed by atoms with Crippen molar-refractivity contribution in [1.29, 1.82) is 0 Å². The van der Waals surface area contributed by atoms with Gasteiger partial charge in [0.1, 0.15) is 9.84 Å². The molecule has 0 aliphatic heterocycles. The van der Waals surface area contributed by atoms with E-state index in [9.17, 15) is 13.2 Å². The maximum absolute atomic E-state index is 12.3. The van der Waals surface area contributed by atoms with Crippen molar-refractivity contribution in [2.24, 2.45) is 5.73 Å². The lowest BCUT2D eigenvalue weighted by Gasteiger charge is -2.39. The Hall–Kier alpha value is -1.11. The average Bonchev–Trinajstić information content (AvgIpc) is 2.58. The highest BCUT2D eigenvalue weighted by molar-refractivity contribution is 7.90. The third-order valence-corrected chi connectivity index (χ3v) is 6.24. The average molecular weight is 403 g/mol. The van der Waals surface area contributed by atoms with Gasteiger partial charge in [-0.25, -0.2) is 8.42 Å². The first-order valence-corrected chi connectivity index (χ1v) is 11.1. The minimum atomic E-state index is -3.11. The number of benzene rings is 1. The molecule has 1 aromatic carbocycles. The Morgan fingerprint density at radius 3 is 2.42 bits per heavy atom. The lowest BCUT2D eigenvalue weighted by molar-refractivity contribution is -0.122. The van der Waals surface area contributed by atoms with Crippen LogP contribution in [-0.4, -0.2) is 38.9 Å². The van der Waals surface area contributed by atoms with Crippen molar-refractivity contribution < 1.29 is 13.2 Å². The Balaban J connectivity index is 0.00000338. The molecule has 1 aromatic rings. The molecular weight excluding hydrogens is 372 g/mol. The molecule has 0 bridgehead atoms. The standard InChI is InChI=1S/C19H30N2O3S.ClH/c1-15-8-4-5-9-16(15)19(11-6-3-7-12-19)14-21-18(22)17(20)10-13-25(2,23)24;/h4-5,8-9,17H,3,6-7,10-14,20H2,1-2H3,(H,21,22);1H. The van der Waals surface area contributed by atoms with Crippen molar-refractivity contribution in [3.63, 3.8) is 0 Å². The number of nitrogens with one attached hydrogen (secondary N) is 1. The number of hydrogen-bond acceptors (Lipinski definition) is 4. The number of aryl methyl sites for hydroxylation is 1. The van der Waals surface area contributed by atoms with E-state index in [0.717, 1.165) is 31.9 Å². The Morgan fingerprint density at radius 2 is 1.85 bits per heavy atom. The minimum Gasteiger partial charge on any atom is -0.354 e. The Kier molecular flexibility index (Phi) is 8.57. The van der Waals surface area contributed by atoms with E-state index in [2.05, 4.69) is 30.4 Å². The van der Waals surface area contributed by atoms with Crippen LogP contribution >= 0.6 is 12.4 Å². The molecule has 26 heavy (non-hydrogen) atoms. The molecule has 0 heterocycles. The molecule has 2 rings (SSSR count). The van der Waals surface area contributed by atoms with Gasteiger partial charge in [-0.3, -0.25) is 4.79 Å². The van der Waals surface area contributed by atoms with Crippen molar-refractivity contribution in [3.8, 4) is 0 Å². The van der Waals surface area contributed by atoms with Gasteiger partial charge in [-0.1, -0.05) is 43.5 Å². The second-order valence-electron chi connectivity index (χ2n) is 7.40. The lowest BCUT2D eigenvalue weighted by atomic mass is 9.68. The fourth-order valence-corrected chi connectivity index (χ4v) is 4.48. The maximum Gasteiger partial charge on any atom is 0.236 e. The van der Waals surface area contributed by atoms with Gasteiger partial charge in [-0.15, -0.1) is 12.4 Å². The second-order valence-corrected chi connectivity index (χ2v) is 9.66. The minimum absolute atomic E-state index is 0. The predicted molar refractivity (Wildman–Crippen MR) is 109 cm³/mol. The molecule has 5 nitrogen and oxygen atoms in total. The van der Waals surface area contributed by atoms with Gasteiger partial charge in [-0.05, 0) is 37.3 Å². The topological polar surface area (TPSA) is 89.3 Å². The zero-order valence-electron chi connectivity index (χ0n) is 15.7. The van der Waals surface area contributed by atoms with Crippen LogP contribution in [0.5, 0.6) is 0 Å². The summed E-state index contributed by atoms with van der Waals surface area (Å²) < 4.78 is 22.5. The van der Waals surface area contributed by atoms with Gasteiger partial charge in [0.05, 0.1) is 11.8 Å². The molecule has 1 unspecified atom stereocenters. The van der Waals surface area contributed by atoms with Gasteiger partial charge in [0.15, 0.2) is 0 Å². The summed E-state index contributed by atoms with van der Waals surface area (Å²) in [5.74, 6) is -0.327. The van der Waals surface area contributed by atoms with Crippen LogP contribution in [-0.2, 0) is 20.0 Å². The maximum atomic E-state index is 12.3. The van der Waals surface area contributed by atoms with Gasteiger partial charge in [0.2, 0.25) is 5.91 Å². The molecule has 0 saturated heterocycles. The lowest BCUT2D eigenvalue weighted by Crippen LogP contribution is -2.48. The summed E-state index contributed by atoms with van der Waals surface area (Å²) in [6, 6.07) is 7.59. The monoisotopic (exact) mass is 402 g/mol. The Morgan fingerprint density at radius 1 is 1.23 bits per heavy atom. The fraction of sp³-hybridized carbons (Fsp3) is 0.632. The van der Waals surface area contributed by atoms with Crippen molar-refractivity contribution in [1.82, 2.24) is 5.32 Å². The number of nitrogens with two attached hydrogens (primary N) is 1. The molecule has 7 heteroatoms. The number of amides is 1. The third-order valence-electron chi connectivity index (χ3n) is 5.26. The Labute approximate surface area is 163 Å². The first-order chi connectivity index (χ1) is 11.7. The number of carbonyl (C=O) groups is 1. The van der Waals surface area contributed by atoms with Gasteiger partial charge in [0, 0.05) is 18.2 Å². The SMILES string of the molecule is Cc1ccccc1C1(CNC(=O)C(N)CCS(C)(=O)=O)CCCCC1.Cl. The first-order valence-electron chi connectivity index (χ1n) is 9.01. The van der Waals surface area contributed by atoms with Crippen molar-refractivity contribution in [2.75, 3.05) is 18.6 Å². The van der Waals surface area contributed by atoms with E-state index in [1.54, 1.807) is 0 Å². The molecule has 1 amide bonds. The van der Waals surface area contributed by atoms with Crippen LogP contribution in [0.4, 0.5) is 0 Å². The molecule has 1 aliphatic rings. The van der Waals surface area contributed by atoms with Crippen molar-refractivity contribution in [3.05, 3.63) is 35.4 Å². The zero-order chi connectivity index (χ0) is 18.5. The van der Waals surface area contributed by atoms with E-state index < -0.39 is 15.9 Å². The summed E-state index contributed by atoms with van der Waals surface area (Å²) in [7, 11) is -3.11. The molecule has 1 aliphatic carbocycles. The van der Waals surface area contributed by atoms with Crippen molar-refractivity contribution >= 4 is 28.2 Å². The van der Waals surface area contributed by atoms with Gasteiger partial charge in [-0.2, -0.15) is 0 Å². The van der Waals surface area contributed by atoms with E-state index in [0.29, 0.717) is 6.54 Å². The number of halogens is 1. The van der Waals surface area contributed by atoms with E-state index in [1.165, 1.54) is 17.5 Å². The van der Waals surface area contributed by atoms with E-state index in [4.69, 9.17) is 5.73 Å². The van der Waals surface area contributed by atoms with Crippen LogP contribution < -0.4 is 11.1 Å². The van der Waals surface area contributed by atoms with Crippen molar-refractivity contribution in [2.45, 2.75) is 56.9 Å². The molecule has 3 N–H and O–H groups in total. The second kappa shape index (κ2) is 9.72. The molecule has 0 spiro atoms.